The maximum Gasteiger partial charge on any atom is 0.160 e. The number of rotatable bonds is 0. The Bertz CT molecular complexity index is 301. The van der Waals surface area contributed by atoms with Gasteiger partial charge < -0.3 is 10.1 Å². The van der Waals surface area contributed by atoms with E-state index in [9.17, 15) is 0 Å². The van der Waals surface area contributed by atoms with Crippen molar-refractivity contribution in [3.63, 3.8) is 0 Å². The molecule has 1 aliphatic rings. The highest BCUT2D eigenvalue weighted by Crippen LogP contribution is 2.33. The maximum absolute atomic E-state index is 5.51. The van der Waals surface area contributed by atoms with Crippen LogP contribution in [-0.2, 0) is 0 Å². The standard InChI is InChI=1S/C8H9IN2O/c1-8(9)5-12-7-4-10-3-2-6(7)11-8/h2-4,11H,5H2,1H3. The summed E-state index contributed by atoms with van der Waals surface area (Å²) in [6.07, 6.45) is 3.49. The monoisotopic (exact) mass is 276 g/mol. The van der Waals surface area contributed by atoms with E-state index in [2.05, 4.69) is 39.8 Å². The summed E-state index contributed by atoms with van der Waals surface area (Å²) in [6, 6.07) is 1.92. The van der Waals surface area contributed by atoms with Crippen LogP contribution in [0.25, 0.3) is 0 Å². The van der Waals surface area contributed by atoms with Gasteiger partial charge in [0, 0.05) is 6.20 Å². The lowest BCUT2D eigenvalue weighted by molar-refractivity contribution is 0.284. The third kappa shape index (κ3) is 1.48. The molecule has 0 amide bonds. The quantitative estimate of drug-likeness (QED) is 0.447. The van der Waals surface area contributed by atoms with E-state index < -0.39 is 0 Å². The molecule has 0 bridgehead atoms. The van der Waals surface area contributed by atoms with E-state index in [0.29, 0.717) is 6.61 Å². The van der Waals surface area contributed by atoms with Gasteiger partial charge >= 0.3 is 0 Å². The van der Waals surface area contributed by atoms with Crippen molar-refractivity contribution in [3.8, 4) is 5.75 Å². The summed E-state index contributed by atoms with van der Waals surface area (Å²) >= 11 is 2.33. The highest BCUT2D eigenvalue weighted by Gasteiger charge is 2.26. The van der Waals surface area contributed by atoms with Crippen LogP contribution in [0.5, 0.6) is 5.75 Å². The van der Waals surface area contributed by atoms with Gasteiger partial charge in [-0.25, -0.2) is 0 Å². The van der Waals surface area contributed by atoms with Crippen LogP contribution in [0, 0.1) is 0 Å². The predicted octanol–water partition coefficient (Wildman–Crippen LogP) is 2.04. The molecule has 0 fully saturated rings. The van der Waals surface area contributed by atoms with Gasteiger partial charge in [0.2, 0.25) is 0 Å². The van der Waals surface area contributed by atoms with Crippen molar-refractivity contribution in [2.45, 2.75) is 10.5 Å². The molecule has 2 rings (SSSR count). The van der Waals surface area contributed by atoms with Crippen molar-refractivity contribution in [3.05, 3.63) is 18.5 Å². The van der Waals surface area contributed by atoms with Crippen LogP contribution in [0.4, 0.5) is 5.69 Å². The first-order chi connectivity index (χ1) is 5.67. The molecule has 1 aromatic heterocycles. The second-order valence-corrected chi connectivity index (χ2v) is 5.36. The predicted molar refractivity (Wildman–Crippen MR) is 55.8 cm³/mol. The van der Waals surface area contributed by atoms with Gasteiger partial charge in [0.1, 0.15) is 10.2 Å². The molecule has 2 heterocycles. The lowest BCUT2D eigenvalue weighted by Gasteiger charge is -2.31. The van der Waals surface area contributed by atoms with Gasteiger partial charge in [0.05, 0.1) is 11.9 Å². The number of alkyl halides is 1. The molecule has 1 unspecified atom stereocenters. The zero-order valence-corrected chi connectivity index (χ0v) is 8.83. The molecule has 0 radical (unpaired) electrons. The van der Waals surface area contributed by atoms with E-state index in [1.807, 2.05) is 6.07 Å². The molecule has 12 heavy (non-hydrogen) atoms. The Hall–Kier alpha value is -0.520. The molecule has 1 aliphatic heterocycles. The summed E-state index contributed by atoms with van der Waals surface area (Å²) in [5.41, 5.74) is 1.02. The second kappa shape index (κ2) is 2.76. The first-order valence-corrected chi connectivity index (χ1v) is 4.79. The van der Waals surface area contributed by atoms with Crippen LogP contribution in [0.3, 0.4) is 0 Å². The van der Waals surface area contributed by atoms with Gasteiger partial charge in [-0.2, -0.15) is 0 Å². The summed E-state index contributed by atoms with van der Waals surface area (Å²) in [5, 5.41) is 3.36. The zero-order chi connectivity index (χ0) is 8.60. The maximum atomic E-state index is 5.51. The van der Waals surface area contributed by atoms with E-state index >= 15 is 0 Å². The fraction of sp³-hybridized carbons (Fsp3) is 0.375. The van der Waals surface area contributed by atoms with Gasteiger partial charge in [-0.1, -0.05) is 22.6 Å². The van der Waals surface area contributed by atoms with E-state index in [4.69, 9.17) is 4.74 Å². The van der Waals surface area contributed by atoms with Gasteiger partial charge in [0.25, 0.3) is 0 Å². The average molecular weight is 276 g/mol. The normalized spacial score (nSPS) is 26.8. The Morgan fingerprint density at radius 2 is 2.58 bits per heavy atom. The molecule has 1 aromatic rings. The van der Waals surface area contributed by atoms with E-state index in [0.717, 1.165) is 11.4 Å². The number of nitrogens with one attached hydrogen (secondary N) is 1. The molecule has 0 spiro atoms. The number of pyridine rings is 1. The van der Waals surface area contributed by atoms with Gasteiger partial charge in [-0.05, 0) is 13.0 Å². The van der Waals surface area contributed by atoms with Crippen molar-refractivity contribution in [1.82, 2.24) is 4.98 Å². The Balaban J connectivity index is 2.35. The van der Waals surface area contributed by atoms with Crippen LogP contribution in [0.2, 0.25) is 0 Å². The summed E-state index contributed by atoms with van der Waals surface area (Å²) < 4.78 is 5.50. The third-order valence-electron chi connectivity index (χ3n) is 1.68. The molecule has 1 atom stereocenters. The minimum atomic E-state index is -0.00782. The summed E-state index contributed by atoms with van der Waals surface area (Å²) in [4.78, 5) is 3.98. The van der Waals surface area contributed by atoms with Crippen molar-refractivity contribution in [2.75, 3.05) is 11.9 Å². The molecule has 0 saturated heterocycles. The van der Waals surface area contributed by atoms with Gasteiger partial charge in [0.15, 0.2) is 5.75 Å². The Labute approximate surface area is 84.7 Å². The fourth-order valence-corrected chi connectivity index (χ4v) is 1.57. The Kier molecular flexibility index (Phi) is 1.86. The Morgan fingerprint density at radius 3 is 3.42 bits per heavy atom. The van der Waals surface area contributed by atoms with E-state index in [-0.39, 0.29) is 3.55 Å². The third-order valence-corrected chi connectivity index (χ3v) is 2.26. The first-order valence-electron chi connectivity index (χ1n) is 3.71. The minimum Gasteiger partial charge on any atom is -0.487 e. The largest absolute Gasteiger partial charge is 0.487 e. The van der Waals surface area contributed by atoms with Crippen molar-refractivity contribution in [1.29, 1.82) is 0 Å². The number of ether oxygens (including phenoxy) is 1. The highest BCUT2D eigenvalue weighted by molar-refractivity contribution is 14.1. The number of hydrogen-bond acceptors (Lipinski definition) is 3. The fourth-order valence-electron chi connectivity index (χ4n) is 1.13. The second-order valence-electron chi connectivity index (χ2n) is 2.98. The van der Waals surface area contributed by atoms with E-state index in [1.165, 1.54) is 0 Å². The summed E-state index contributed by atoms with van der Waals surface area (Å²) in [6.45, 7) is 2.77. The van der Waals surface area contributed by atoms with Crippen molar-refractivity contribution < 1.29 is 4.74 Å². The molecule has 0 aliphatic carbocycles. The average Bonchev–Trinajstić information content (AvgIpc) is 2.02. The Morgan fingerprint density at radius 1 is 1.75 bits per heavy atom. The summed E-state index contributed by atoms with van der Waals surface area (Å²) in [5.74, 6) is 0.839. The number of anilines is 1. The SMILES string of the molecule is CC1(I)COc2cnccc2N1. The van der Waals surface area contributed by atoms with Gasteiger partial charge in [-0.15, -0.1) is 0 Å². The molecular weight excluding hydrogens is 267 g/mol. The molecule has 64 valence electrons. The topological polar surface area (TPSA) is 34.1 Å². The lowest BCUT2D eigenvalue weighted by atomic mass is 10.2. The molecular formula is C8H9IN2O. The number of halogens is 1. The molecule has 0 saturated carbocycles. The van der Waals surface area contributed by atoms with Gasteiger partial charge in [-0.3, -0.25) is 4.98 Å². The van der Waals surface area contributed by atoms with Crippen LogP contribution in [0.15, 0.2) is 18.5 Å². The van der Waals surface area contributed by atoms with Crippen molar-refractivity contribution in [2.24, 2.45) is 0 Å². The van der Waals surface area contributed by atoms with Crippen LogP contribution in [-0.4, -0.2) is 15.1 Å². The van der Waals surface area contributed by atoms with Crippen molar-refractivity contribution >= 4 is 28.3 Å². The lowest BCUT2D eigenvalue weighted by Crippen LogP contribution is -2.37. The summed E-state index contributed by atoms with van der Waals surface area (Å²) in [7, 11) is 0. The number of fused-ring (bicyclic) bond motifs is 1. The van der Waals surface area contributed by atoms with Crippen LogP contribution in [0.1, 0.15) is 6.92 Å². The highest BCUT2D eigenvalue weighted by atomic mass is 127. The number of aromatic nitrogens is 1. The van der Waals surface area contributed by atoms with E-state index in [1.54, 1.807) is 12.4 Å². The minimum absolute atomic E-state index is 0.00782. The number of nitrogens with zero attached hydrogens (tertiary/aromatic N) is 1. The van der Waals surface area contributed by atoms with Crippen LogP contribution >= 0.6 is 22.6 Å². The zero-order valence-electron chi connectivity index (χ0n) is 6.67. The molecule has 4 heteroatoms. The van der Waals surface area contributed by atoms with Crippen LogP contribution < -0.4 is 10.1 Å². The smallest absolute Gasteiger partial charge is 0.160 e. The molecule has 0 aromatic carbocycles. The first kappa shape index (κ1) is 8.10. The number of hydrogen-bond donors (Lipinski definition) is 1. The molecule has 3 nitrogen and oxygen atoms in total. The molecule has 1 N–H and O–H groups in total.